The number of hydrogen-bond donors (Lipinski definition) is 3. The minimum Gasteiger partial charge on any atom is -0.465 e. The summed E-state index contributed by atoms with van der Waals surface area (Å²) >= 11 is 6.22. The van der Waals surface area contributed by atoms with E-state index >= 15 is 0 Å². The molecule has 184 valence electrons. The maximum absolute atomic E-state index is 11.4. The molecule has 3 heterocycles. The van der Waals surface area contributed by atoms with Gasteiger partial charge in [0, 0.05) is 42.3 Å². The molecule has 1 aliphatic rings. The van der Waals surface area contributed by atoms with Crippen molar-refractivity contribution in [2.45, 2.75) is 25.8 Å². The first-order valence-corrected chi connectivity index (χ1v) is 12.0. The molecule has 1 atom stereocenters. The fraction of sp³-hybridized carbons (Fsp3) is 0.231. The number of fused-ring (bicyclic) bond motifs is 1. The number of halogens is 1. The normalized spacial score (nSPS) is 15.6. The van der Waals surface area contributed by atoms with Crippen LogP contribution in [0.2, 0.25) is 5.02 Å². The molecule has 4 N–H and O–H groups in total. The topological polar surface area (TPSA) is 126 Å². The SMILES string of the molecule is Cc1ccc2c(N)c(Cl)ccc2c1Oc1ncccc1-c1ccnc(N[C@H]2CCCN(C(=O)O)C2)n1. The monoisotopic (exact) mass is 504 g/mol. The Morgan fingerprint density at radius 1 is 1.17 bits per heavy atom. The molecule has 1 aliphatic heterocycles. The number of rotatable bonds is 5. The van der Waals surface area contributed by atoms with Gasteiger partial charge in [0.25, 0.3) is 0 Å². The van der Waals surface area contributed by atoms with Crippen LogP contribution >= 0.6 is 11.6 Å². The molecule has 0 aliphatic carbocycles. The molecule has 2 aromatic heterocycles. The average Bonchev–Trinajstić information content (AvgIpc) is 2.88. The van der Waals surface area contributed by atoms with E-state index in [1.54, 1.807) is 24.5 Å². The maximum Gasteiger partial charge on any atom is 0.407 e. The fourth-order valence-electron chi connectivity index (χ4n) is 4.41. The molecule has 0 bridgehead atoms. The summed E-state index contributed by atoms with van der Waals surface area (Å²) in [6.45, 7) is 2.88. The van der Waals surface area contributed by atoms with Crippen LogP contribution in [0.3, 0.4) is 0 Å². The van der Waals surface area contributed by atoms with Crippen molar-refractivity contribution in [2.24, 2.45) is 0 Å². The number of likely N-dealkylation sites (tertiary alicyclic amines) is 1. The van der Waals surface area contributed by atoms with E-state index in [0.29, 0.717) is 52.6 Å². The number of anilines is 2. The van der Waals surface area contributed by atoms with Crippen molar-refractivity contribution in [1.82, 2.24) is 19.9 Å². The van der Waals surface area contributed by atoms with Crippen molar-refractivity contribution >= 4 is 40.1 Å². The lowest BCUT2D eigenvalue weighted by atomic mass is 10.0. The summed E-state index contributed by atoms with van der Waals surface area (Å²) in [5.41, 5.74) is 8.94. The number of nitrogen functional groups attached to an aromatic ring is 1. The Balaban J connectivity index is 1.46. The van der Waals surface area contributed by atoms with E-state index in [0.717, 1.165) is 29.2 Å². The van der Waals surface area contributed by atoms with Gasteiger partial charge in [0.1, 0.15) is 5.75 Å². The van der Waals surface area contributed by atoms with E-state index in [-0.39, 0.29) is 6.04 Å². The Morgan fingerprint density at radius 3 is 2.83 bits per heavy atom. The molecule has 0 saturated carbocycles. The molecule has 5 rings (SSSR count). The van der Waals surface area contributed by atoms with E-state index in [1.807, 2.05) is 37.3 Å². The van der Waals surface area contributed by atoms with Crippen molar-refractivity contribution in [1.29, 1.82) is 0 Å². The standard InChI is InChI=1S/C26H25ClN6O3/c1-15-6-7-17-18(8-9-20(27)22(17)28)23(15)36-24-19(5-2-11-29-24)21-10-12-30-25(32-21)31-16-4-3-13-33(14-16)26(34)35/h2,5-12,16H,3-4,13-14,28H2,1H3,(H,34,35)(H,30,31,32)/t16-/m0/s1. The van der Waals surface area contributed by atoms with E-state index < -0.39 is 6.09 Å². The van der Waals surface area contributed by atoms with Crippen molar-refractivity contribution in [2.75, 3.05) is 24.1 Å². The van der Waals surface area contributed by atoms with E-state index in [1.165, 1.54) is 4.90 Å². The van der Waals surface area contributed by atoms with Crippen LogP contribution in [0, 0.1) is 6.92 Å². The second-order valence-electron chi connectivity index (χ2n) is 8.70. The highest BCUT2D eigenvalue weighted by Crippen LogP contribution is 2.39. The second kappa shape index (κ2) is 9.87. The zero-order chi connectivity index (χ0) is 25.2. The van der Waals surface area contributed by atoms with Gasteiger partial charge in [-0.1, -0.05) is 23.7 Å². The summed E-state index contributed by atoms with van der Waals surface area (Å²) in [6, 6.07) is 12.9. The lowest BCUT2D eigenvalue weighted by Gasteiger charge is -2.31. The first kappa shape index (κ1) is 23.6. The molecule has 1 fully saturated rings. The number of nitrogens with two attached hydrogens (primary N) is 1. The zero-order valence-electron chi connectivity index (χ0n) is 19.6. The molecular formula is C26H25ClN6O3. The van der Waals surface area contributed by atoms with Crippen LogP contribution in [-0.4, -0.2) is 50.2 Å². The van der Waals surface area contributed by atoms with Crippen molar-refractivity contribution in [3.05, 3.63) is 65.4 Å². The van der Waals surface area contributed by atoms with Gasteiger partial charge in [-0.25, -0.2) is 19.7 Å². The van der Waals surface area contributed by atoms with E-state index in [2.05, 4.69) is 20.3 Å². The number of nitrogens with one attached hydrogen (secondary N) is 1. The number of aromatic nitrogens is 3. The number of carboxylic acid groups (broad SMARTS) is 1. The predicted molar refractivity (Wildman–Crippen MR) is 140 cm³/mol. The molecule has 2 aromatic carbocycles. The third-order valence-electron chi connectivity index (χ3n) is 6.26. The van der Waals surface area contributed by atoms with Crippen LogP contribution < -0.4 is 15.8 Å². The van der Waals surface area contributed by atoms with E-state index in [9.17, 15) is 9.90 Å². The van der Waals surface area contributed by atoms with Gasteiger partial charge in [-0.05, 0) is 55.7 Å². The van der Waals surface area contributed by atoms with Crippen LogP contribution in [-0.2, 0) is 0 Å². The summed E-state index contributed by atoms with van der Waals surface area (Å²) < 4.78 is 6.37. The number of piperidine rings is 1. The number of aryl methyl sites for hydroxylation is 1. The van der Waals surface area contributed by atoms with Gasteiger partial charge in [-0.3, -0.25) is 0 Å². The first-order chi connectivity index (χ1) is 17.4. The second-order valence-corrected chi connectivity index (χ2v) is 9.11. The Labute approximate surface area is 212 Å². The minimum absolute atomic E-state index is 0.0645. The number of carbonyl (C=O) groups is 1. The molecule has 36 heavy (non-hydrogen) atoms. The molecule has 4 aromatic rings. The number of hydrogen-bond acceptors (Lipinski definition) is 7. The van der Waals surface area contributed by atoms with Crippen LogP contribution in [0.1, 0.15) is 18.4 Å². The van der Waals surface area contributed by atoms with Crippen molar-refractivity contribution in [3.8, 4) is 22.9 Å². The molecule has 0 unspecified atom stereocenters. The lowest BCUT2D eigenvalue weighted by molar-refractivity contribution is 0.132. The molecular weight excluding hydrogens is 480 g/mol. The van der Waals surface area contributed by atoms with Gasteiger partial charge in [0.2, 0.25) is 11.8 Å². The lowest BCUT2D eigenvalue weighted by Crippen LogP contribution is -2.44. The van der Waals surface area contributed by atoms with Gasteiger partial charge in [0.05, 0.1) is 22.0 Å². The number of ether oxygens (including phenoxy) is 1. The third kappa shape index (κ3) is 4.70. The first-order valence-electron chi connectivity index (χ1n) is 11.6. The van der Waals surface area contributed by atoms with Crippen molar-refractivity contribution < 1.29 is 14.6 Å². The van der Waals surface area contributed by atoms with E-state index in [4.69, 9.17) is 22.1 Å². The molecule has 0 spiro atoms. The quantitative estimate of drug-likeness (QED) is 0.300. The van der Waals surface area contributed by atoms with Crippen molar-refractivity contribution in [3.63, 3.8) is 0 Å². The van der Waals surface area contributed by atoms with Gasteiger partial charge in [-0.15, -0.1) is 0 Å². The average molecular weight is 505 g/mol. The van der Waals surface area contributed by atoms with Crippen LogP contribution in [0.5, 0.6) is 11.6 Å². The molecule has 1 amide bonds. The summed E-state index contributed by atoms with van der Waals surface area (Å²) in [5.74, 6) is 1.45. The Morgan fingerprint density at radius 2 is 2.00 bits per heavy atom. The Kier molecular flexibility index (Phi) is 6.47. The van der Waals surface area contributed by atoms with Gasteiger partial charge < -0.3 is 25.8 Å². The predicted octanol–water partition coefficient (Wildman–Crippen LogP) is 5.58. The largest absolute Gasteiger partial charge is 0.465 e. The highest BCUT2D eigenvalue weighted by Gasteiger charge is 2.24. The summed E-state index contributed by atoms with van der Waals surface area (Å²) in [4.78, 5) is 26.3. The maximum atomic E-state index is 11.4. The number of benzene rings is 2. The summed E-state index contributed by atoms with van der Waals surface area (Å²) in [6.07, 6.45) is 4.02. The van der Waals surface area contributed by atoms with Crippen LogP contribution in [0.15, 0.2) is 54.9 Å². The number of amides is 1. The number of nitrogens with zero attached hydrogens (tertiary/aromatic N) is 4. The molecule has 0 radical (unpaired) electrons. The van der Waals surface area contributed by atoms with Gasteiger partial charge in [-0.2, -0.15) is 0 Å². The number of pyridine rings is 1. The van der Waals surface area contributed by atoms with Gasteiger partial charge in [0.15, 0.2) is 0 Å². The molecule has 10 heteroatoms. The summed E-state index contributed by atoms with van der Waals surface area (Å²) in [7, 11) is 0. The van der Waals surface area contributed by atoms with Crippen LogP contribution in [0.25, 0.3) is 22.0 Å². The Hall–Kier alpha value is -4.11. The highest BCUT2D eigenvalue weighted by molar-refractivity contribution is 6.34. The fourth-order valence-corrected chi connectivity index (χ4v) is 4.58. The third-order valence-corrected chi connectivity index (χ3v) is 6.59. The van der Waals surface area contributed by atoms with Gasteiger partial charge >= 0.3 is 6.09 Å². The summed E-state index contributed by atoms with van der Waals surface area (Å²) in [5, 5.41) is 14.7. The van der Waals surface area contributed by atoms with Crippen LogP contribution in [0.4, 0.5) is 16.4 Å². The molecule has 9 nitrogen and oxygen atoms in total. The minimum atomic E-state index is -0.916. The Bertz CT molecular complexity index is 1450. The zero-order valence-corrected chi connectivity index (χ0v) is 20.4. The highest BCUT2D eigenvalue weighted by atomic mass is 35.5. The molecule has 1 saturated heterocycles. The smallest absolute Gasteiger partial charge is 0.407 e.